The van der Waals surface area contributed by atoms with Gasteiger partial charge in [0, 0.05) is 19.1 Å². The van der Waals surface area contributed by atoms with Crippen LogP contribution in [0.15, 0.2) is 30.6 Å². The largest absolute Gasteiger partial charge is 0.453 e. The number of nitrogens with one attached hydrogen (secondary N) is 1. The molecule has 1 saturated carbocycles. The fourth-order valence-corrected chi connectivity index (χ4v) is 2.11. The van der Waals surface area contributed by atoms with Crippen LogP contribution in [0.25, 0.3) is 0 Å². The molecule has 1 aliphatic rings. The molecule has 0 amide bonds. The maximum absolute atomic E-state index is 9.29. The predicted molar refractivity (Wildman–Crippen MR) is 79.0 cm³/mol. The Morgan fingerprint density at radius 2 is 2.33 bits per heavy atom. The van der Waals surface area contributed by atoms with Gasteiger partial charge in [0.1, 0.15) is 11.8 Å². The molecule has 108 valence electrons. The summed E-state index contributed by atoms with van der Waals surface area (Å²) in [5.74, 6) is 1.22. The average Bonchev–Trinajstić information content (AvgIpc) is 3.24. The Morgan fingerprint density at radius 1 is 1.48 bits per heavy atom. The molecule has 1 fully saturated rings. The van der Waals surface area contributed by atoms with Gasteiger partial charge >= 0.3 is 0 Å². The van der Waals surface area contributed by atoms with Gasteiger partial charge in [-0.3, -0.25) is 4.68 Å². The van der Waals surface area contributed by atoms with E-state index in [0.29, 0.717) is 23.1 Å². The van der Waals surface area contributed by atoms with E-state index in [1.807, 2.05) is 31.3 Å². The van der Waals surface area contributed by atoms with E-state index in [2.05, 4.69) is 16.5 Å². The van der Waals surface area contributed by atoms with Crippen LogP contribution in [0.5, 0.6) is 11.5 Å². The predicted octanol–water partition coefficient (Wildman–Crippen LogP) is 2.82. The highest BCUT2D eigenvalue weighted by Crippen LogP contribution is 2.26. The molecule has 1 aromatic carbocycles. The lowest BCUT2D eigenvalue weighted by Crippen LogP contribution is -2.15. The van der Waals surface area contributed by atoms with E-state index in [0.717, 1.165) is 18.7 Å². The molecular weight excluding hydrogens is 264 g/mol. The molecule has 1 aromatic heterocycles. The number of hydrogen-bond donors (Lipinski definition) is 1. The maximum Gasteiger partial charge on any atom is 0.165 e. The highest BCUT2D eigenvalue weighted by atomic mass is 16.5. The Labute approximate surface area is 124 Å². The minimum absolute atomic E-state index is 0.550. The second-order valence-corrected chi connectivity index (χ2v) is 5.23. The van der Waals surface area contributed by atoms with Gasteiger partial charge in [0.2, 0.25) is 0 Å². The second-order valence-electron chi connectivity index (χ2n) is 5.23. The zero-order chi connectivity index (χ0) is 14.7. The third-order valence-electron chi connectivity index (χ3n) is 3.50. The molecule has 2 aromatic rings. The van der Waals surface area contributed by atoms with Crippen LogP contribution in [0.1, 0.15) is 30.9 Å². The summed E-state index contributed by atoms with van der Waals surface area (Å²) in [7, 11) is 0. The van der Waals surface area contributed by atoms with Crippen molar-refractivity contribution in [2.45, 2.75) is 38.9 Å². The normalized spacial score (nSPS) is 13.9. The highest BCUT2D eigenvalue weighted by molar-refractivity contribution is 5.47. The van der Waals surface area contributed by atoms with Crippen molar-refractivity contribution in [3.8, 4) is 17.6 Å². The van der Waals surface area contributed by atoms with Crippen molar-refractivity contribution < 1.29 is 4.74 Å². The first-order valence-corrected chi connectivity index (χ1v) is 7.25. The third kappa shape index (κ3) is 3.41. The number of aryl methyl sites for hydroxylation is 1. The summed E-state index contributed by atoms with van der Waals surface area (Å²) in [6, 6.07) is 8.59. The molecular formula is C16H18N4O. The number of rotatable bonds is 6. The van der Waals surface area contributed by atoms with Gasteiger partial charge in [0.05, 0.1) is 18.0 Å². The molecule has 0 atom stereocenters. The molecule has 1 N–H and O–H groups in total. The molecule has 5 nitrogen and oxygen atoms in total. The topological polar surface area (TPSA) is 62.9 Å². The summed E-state index contributed by atoms with van der Waals surface area (Å²) in [5.41, 5.74) is 1.66. The van der Waals surface area contributed by atoms with E-state index in [1.165, 1.54) is 12.8 Å². The van der Waals surface area contributed by atoms with Crippen LogP contribution in [0, 0.1) is 11.3 Å². The van der Waals surface area contributed by atoms with Crippen molar-refractivity contribution in [3.63, 3.8) is 0 Å². The smallest absolute Gasteiger partial charge is 0.165 e. The van der Waals surface area contributed by atoms with Crippen LogP contribution in [-0.2, 0) is 13.1 Å². The Bertz CT molecular complexity index is 667. The van der Waals surface area contributed by atoms with Gasteiger partial charge in [-0.15, -0.1) is 0 Å². The molecule has 1 aliphatic carbocycles. The summed E-state index contributed by atoms with van der Waals surface area (Å²) in [6.07, 6.45) is 6.00. The third-order valence-corrected chi connectivity index (χ3v) is 3.50. The van der Waals surface area contributed by atoms with Crippen molar-refractivity contribution in [2.24, 2.45) is 0 Å². The van der Waals surface area contributed by atoms with E-state index >= 15 is 0 Å². The van der Waals surface area contributed by atoms with Gasteiger partial charge < -0.3 is 10.1 Å². The first kappa shape index (κ1) is 13.7. The quantitative estimate of drug-likeness (QED) is 0.885. The van der Waals surface area contributed by atoms with E-state index in [1.54, 1.807) is 10.9 Å². The van der Waals surface area contributed by atoms with E-state index in [-0.39, 0.29) is 0 Å². The Balaban J connectivity index is 1.73. The summed E-state index contributed by atoms with van der Waals surface area (Å²) >= 11 is 0. The van der Waals surface area contributed by atoms with Crippen molar-refractivity contribution in [3.05, 3.63) is 41.7 Å². The van der Waals surface area contributed by atoms with Crippen LogP contribution >= 0.6 is 0 Å². The van der Waals surface area contributed by atoms with Gasteiger partial charge in [-0.1, -0.05) is 6.07 Å². The number of nitriles is 1. The number of hydrogen-bond acceptors (Lipinski definition) is 4. The molecule has 0 bridgehead atoms. The van der Waals surface area contributed by atoms with Crippen molar-refractivity contribution in [1.82, 2.24) is 15.1 Å². The molecule has 21 heavy (non-hydrogen) atoms. The summed E-state index contributed by atoms with van der Waals surface area (Å²) in [4.78, 5) is 0. The molecule has 0 unspecified atom stereocenters. The molecule has 0 aliphatic heterocycles. The first-order chi connectivity index (χ1) is 10.3. The number of benzene rings is 1. The van der Waals surface area contributed by atoms with Gasteiger partial charge in [-0.05, 0) is 37.5 Å². The lowest BCUT2D eigenvalue weighted by molar-refractivity contribution is 0.479. The molecule has 3 rings (SSSR count). The minimum atomic E-state index is 0.550. The zero-order valence-electron chi connectivity index (χ0n) is 12.0. The number of aromatic nitrogens is 2. The van der Waals surface area contributed by atoms with Crippen LogP contribution < -0.4 is 10.1 Å². The van der Waals surface area contributed by atoms with Crippen LogP contribution in [0.4, 0.5) is 0 Å². The zero-order valence-corrected chi connectivity index (χ0v) is 12.0. The summed E-state index contributed by atoms with van der Waals surface area (Å²) in [5, 5.41) is 16.9. The van der Waals surface area contributed by atoms with Gasteiger partial charge in [0.25, 0.3) is 0 Å². The lowest BCUT2D eigenvalue weighted by Gasteiger charge is -2.08. The highest BCUT2D eigenvalue weighted by Gasteiger charge is 2.20. The van der Waals surface area contributed by atoms with Gasteiger partial charge in [0.15, 0.2) is 5.75 Å². The Morgan fingerprint density at radius 3 is 3.00 bits per heavy atom. The average molecular weight is 282 g/mol. The Hall–Kier alpha value is -2.32. The van der Waals surface area contributed by atoms with Crippen molar-refractivity contribution in [1.29, 1.82) is 5.26 Å². The second kappa shape index (κ2) is 5.98. The maximum atomic E-state index is 9.29. The molecule has 0 radical (unpaired) electrons. The Kier molecular flexibility index (Phi) is 3.89. The van der Waals surface area contributed by atoms with Gasteiger partial charge in [-0.25, -0.2) is 0 Å². The van der Waals surface area contributed by atoms with E-state index in [9.17, 15) is 5.26 Å². The monoisotopic (exact) mass is 282 g/mol. The number of ether oxygens (including phenoxy) is 1. The van der Waals surface area contributed by atoms with Crippen LogP contribution in [0.3, 0.4) is 0 Å². The summed E-state index contributed by atoms with van der Waals surface area (Å²) in [6.45, 7) is 3.60. The van der Waals surface area contributed by atoms with E-state index in [4.69, 9.17) is 4.74 Å². The molecule has 1 heterocycles. The fraction of sp³-hybridized carbons (Fsp3) is 0.375. The van der Waals surface area contributed by atoms with Crippen molar-refractivity contribution in [2.75, 3.05) is 0 Å². The van der Waals surface area contributed by atoms with Crippen molar-refractivity contribution >= 4 is 0 Å². The van der Waals surface area contributed by atoms with Crippen LogP contribution in [-0.4, -0.2) is 15.8 Å². The molecule has 0 spiro atoms. The lowest BCUT2D eigenvalue weighted by atomic mass is 10.1. The minimum Gasteiger partial charge on any atom is -0.453 e. The molecule has 0 saturated heterocycles. The number of nitrogens with zero attached hydrogens (tertiary/aromatic N) is 3. The molecule has 5 heteroatoms. The standard InChI is InChI=1S/C16H18N4O/c1-2-20-11-15(10-19-20)21-16-6-3-12(7-13(16)8-17)9-18-14-4-5-14/h3,6-7,10-11,14,18H,2,4-5,9H2,1H3. The first-order valence-electron chi connectivity index (χ1n) is 7.25. The fourth-order valence-electron chi connectivity index (χ4n) is 2.11. The SMILES string of the molecule is CCn1cc(Oc2ccc(CNC3CC3)cc2C#N)cn1. The summed E-state index contributed by atoms with van der Waals surface area (Å²) < 4.78 is 7.54. The van der Waals surface area contributed by atoms with Gasteiger partial charge in [-0.2, -0.15) is 10.4 Å². The van der Waals surface area contributed by atoms with E-state index < -0.39 is 0 Å². The van der Waals surface area contributed by atoms with Crippen LogP contribution in [0.2, 0.25) is 0 Å².